The summed E-state index contributed by atoms with van der Waals surface area (Å²) in [5.74, 6) is 0.600. The average molecular weight is 253 g/mol. The molecule has 4 heteroatoms. The topological polar surface area (TPSA) is 38.1 Å². The molecule has 92 valence electrons. The quantitative estimate of drug-likeness (QED) is 0.821. The van der Waals surface area contributed by atoms with Crippen LogP contribution in [0.1, 0.15) is 20.3 Å². The Kier molecular flexibility index (Phi) is 3.89. The van der Waals surface area contributed by atoms with E-state index in [1.54, 1.807) is 0 Å². The average Bonchev–Trinajstić information content (AvgIpc) is 2.68. The lowest BCUT2D eigenvalue weighted by Gasteiger charge is -2.11. The molecule has 3 nitrogen and oxygen atoms in total. The minimum Gasteiger partial charge on any atom is -0.424 e. The Labute approximate surface area is 106 Å². The summed E-state index contributed by atoms with van der Waals surface area (Å²) in [6, 6.07) is 8.24. The minimum absolute atomic E-state index is 0.102. The second-order valence-corrected chi connectivity index (χ2v) is 5.21. The van der Waals surface area contributed by atoms with Crippen molar-refractivity contribution in [1.29, 1.82) is 0 Å². The number of halogens is 1. The number of alkyl halides is 1. The molecule has 2 rings (SSSR count). The lowest BCUT2D eigenvalue weighted by atomic mass is 10.1. The molecule has 0 bridgehead atoms. The number of fused-ring (bicyclic) bond motifs is 1. The Morgan fingerprint density at radius 1 is 1.35 bits per heavy atom. The van der Waals surface area contributed by atoms with Gasteiger partial charge in [0.15, 0.2) is 5.58 Å². The van der Waals surface area contributed by atoms with Gasteiger partial charge in [0.1, 0.15) is 5.52 Å². The summed E-state index contributed by atoms with van der Waals surface area (Å²) >= 11 is 6.19. The number of benzene rings is 1. The molecule has 0 aliphatic carbocycles. The van der Waals surface area contributed by atoms with Crippen molar-refractivity contribution in [2.24, 2.45) is 5.92 Å². The van der Waals surface area contributed by atoms with Crippen LogP contribution in [0.2, 0.25) is 0 Å². The summed E-state index contributed by atoms with van der Waals surface area (Å²) in [4.78, 5) is 4.33. The lowest BCUT2D eigenvalue weighted by Crippen LogP contribution is -2.16. The Bertz CT molecular complexity index is 448. The number of aromatic nitrogens is 1. The van der Waals surface area contributed by atoms with E-state index in [2.05, 4.69) is 24.1 Å². The van der Waals surface area contributed by atoms with Gasteiger partial charge in [-0.05, 0) is 24.5 Å². The van der Waals surface area contributed by atoms with E-state index in [1.807, 2.05) is 24.3 Å². The van der Waals surface area contributed by atoms with Crippen LogP contribution < -0.4 is 5.32 Å². The number of para-hydroxylation sites is 2. The standard InChI is InChI=1S/C13H17ClN2O/c1-9(2)7-10(14)8-15-13-16-11-5-3-4-6-12(11)17-13/h3-6,9-10H,7-8H2,1-2H3,(H,15,16). The Morgan fingerprint density at radius 2 is 2.12 bits per heavy atom. The molecule has 1 aromatic heterocycles. The predicted octanol–water partition coefficient (Wildman–Crippen LogP) is 3.89. The van der Waals surface area contributed by atoms with Crippen LogP contribution in [0, 0.1) is 5.92 Å². The third-order valence-corrected chi connectivity index (χ3v) is 2.83. The van der Waals surface area contributed by atoms with Gasteiger partial charge in [-0.15, -0.1) is 11.6 Å². The van der Waals surface area contributed by atoms with E-state index in [-0.39, 0.29) is 5.38 Å². The van der Waals surface area contributed by atoms with Crippen molar-refractivity contribution in [3.8, 4) is 0 Å². The maximum atomic E-state index is 6.19. The second kappa shape index (κ2) is 5.41. The maximum absolute atomic E-state index is 6.19. The van der Waals surface area contributed by atoms with Crippen LogP contribution in [-0.2, 0) is 0 Å². The third kappa shape index (κ3) is 3.37. The Balaban J connectivity index is 1.95. The van der Waals surface area contributed by atoms with Crippen LogP contribution in [0.3, 0.4) is 0 Å². The van der Waals surface area contributed by atoms with Crippen molar-refractivity contribution in [2.45, 2.75) is 25.6 Å². The minimum atomic E-state index is 0.102. The summed E-state index contributed by atoms with van der Waals surface area (Å²) in [5, 5.41) is 3.23. The highest BCUT2D eigenvalue weighted by Crippen LogP contribution is 2.19. The molecule has 0 spiro atoms. The molecule has 1 atom stereocenters. The van der Waals surface area contributed by atoms with Crippen LogP contribution >= 0.6 is 11.6 Å². The molecular weight excluding hydrogens is 236 g/mol. The molecule has 0 saturated heterocycles. The fraction of sp³-hybridized carbons (Fsp3) is 0.462. The molecule has 0 radical (unpaired) electrons. The van der Waals surface area contributed by atoms with Gasteiger partial charge in [-0.1, -0.05) is 26.0 Å². The number of oxazole rings is 1. The highest BCUT2D eigenvalue weighted by molar-refractivity contribution is 6.20. The normalized spacial score (nSPS) is 13.2. The molecule has 0 aliphatic heterocycles. The smallest absolute Gasteiger partial charge is 0.295 e. The molecule has 0 aliphatic rings. The fourth-order valence-electron chi connectivity index (χ4n) is 1.74. The van der Waals surface area contributed by atoms with Crippen molar-refractivity contribution >= 4 is 28.7 Å². The molecule has 1 N–H and O–H groups in total. The van der Waals surface area contributed by atoms with E-state index >= 15 is 0 Å². The van der Waals surface area contributed by atoms with Gasteiger partial charge < -0.3 is 9.73 Å². The summed E-state index contributed by atoms with van der Waals surface area (Å²) in [5.41, 5.74) is 1.66. The summed E-state index contributed by atoms with van der Waals surface area (Å²) in [6.07, 6.45) is 0.981. The van der Waals surface area contributed by atoms with Crippen LogP contribution in [-0.4, -0.2) is 16.9 Å². The first kappa shape index (κ1) is 12.2. The zero-order valence-corrected chi connectivity index (χ0v) is 10.9. The monoisotopic (exact) mass is 252 g/mol. The van der Waals surface area contributed by atoms with Gasteiger partial charge in [0, 0.05) is 6.54 Å². The zero-order valence-electron chi connectivity index (χ0n) is 10.1. The van der Waals surface area contributed by atoms with Gasteiger partial charge >= 0.3 is 0 Å². The van der Waals surface area contributed by atoms with E-state index in [0.717, 1.165) is 17.5 Å². The maximum Gasteiger partial charge on any atom is 0.295 e. The number of anilines is 1. The molecule has 0 fully saturated rings. The third-order valence-electron chi connectivity index (χ3n) is 2.50. The van der Waals surface area contributed by atoms with Gasteiger partial charge in [0.2, 0.25) is 0 Å². The van der Waals surface area contributed by atoms with Gasteiger partial charge in [-0.25, -0.2) is 0 Å². The van der Waals surface area contributed by atoms with Crippen molar-refractivity contribution in [3.63, 3.8) is 0 Å². The van der Waals surface area contributed by atoms with Gasteiger partial charge in [-0.2, -0.15) is 4.98 Å². The molecule has 17 heavy (non-hydrogen) atoms. The summed E-state index contributed by atoms with van der Waals surface area (Å²) in [7, 11) is 0. The van der Waals surface area contributed by atoms with Crippen LogP contribution in [0.4, 0.5) is 6.01 Å². The summed E-state index contributed by atoms with van der Waals surface area (Å²) in [6.45, 7) is 5.00. The zero-order chi connectivity index (χ0) is 12.3. The highest BCUT2D eigenvalue weighted by Gasteiger charge is 2.09. The predicted molar refractivity (Wildman–Crippen MR) is 71.6 cm³/mol. The van der Waals surface area contributed by atoms with E-state index in [0.29, 0.717) is 18.5 Å². The largest absolute Gasteiger partial charge is 0.424 e. The molecule has 1 aromatic carbocycles. The van der Waals surface area contributed by atoms with E-state index in [4.69, 9.17) is 16.0 Å². The number of hydrogen-bond acceptors (Lipinski definition) is 3. The van der Waals surface area contributed by atoms with Crippen LogP contribution in [0.25, 0.3) is 11.1 Å². The fourth-order valence-corrected chi connectivity index (χ4v) is 2.17. The lowest BCUT2D eigenvalue weighted by molar-refractivity contribution is 0.562. The van der Waals surface area contributed by atoms with Crippen molar-refractivity contribution in [3.05, 3.63) is 24.3 Å². The summed E-state index contributed by atoms with van der Waals surface area (Å²) < 4.78 is 5.54. The van der Waals surface area contributed by atoms with Gasteiger partial charge in [0.25, 0.3) is 6.01 Å². The molecule has 0 saturated carbocycles. The van der Waals surface area contributed by atoms with E-state index < -0.39 is 0 Å². The first-order valence-corrected chi connectivity index (χ1v) is 6.32. The Hall–Kier alpha value is -1.22. The molecule has 2 aromatic rings. The van der Waals surface area contributed by atoms with E-state index in [9.17, 15) is 0 Å². The number of nitrogens with zero attached hydrogens (tertiary/aromatic N) is 1. The molecular formula is C13H17ClN2O. The first-order chi connectivity index (χ1) is 8.15. The highest BCUT2D eigenvalue weighted by atomic mass is 35.5. The van der Waals surface area contributed by atoms with Crippen molar-refractivity contribution in [2.75, 3.05) is 11.9 Å². The van der Waals surface area contributed by atoms with E-state index in [1.165, 1.54) is 0 Å². The number of rotatable bonds is 5. The molecule has 0 amide bonds. The SMILES string of the molecule is CC(C)CC(Cl)CNc1nc2ccccc2o1. The first-order valence-electron chi connectivity index (χ1n) is 5.88. The van der Waals surface area contributed by atoms with Crippen molar-refractivity contribution in [1.82, 2.24) is 4.98 Å². The van der Waals surface area contributed by atoms with Gasteiger partial charge in [-0.3, -0.25) is 0 Å². The van der Waals surface area contributed by atoms with Gasteiger partial charge in [0.05, 0.1) is 5.38 Å². The molecule has 1 heterocycles. The van der Waals surface area contributed by atoms with Crippen molar-refractivity contribution < 1.29 is 4.42 Å². The molecule has 1 unspecified atom stereocenters. The van der Waals surface area contributed by atoms with Crippen LogP contribution in [0.15, 0.2) is 28.7 Å². The number of hydrogen-bond donors (Lipinski definition) is 1. The van der Waals surface area contributed by atoms with Crippen LogP contribution in [0.5, 0.6) is 0 Å². The second-order valence-electron chi connectivity index (χ2n) is 4.59. The Morgan fingerprint density at radius 3 is 2.82 bits per heavy atom. The number of nitrogens with one attached hydrogen (secondary N) is 1.